The average Bonchev–Trinajstić information content (AvgIpc) is 2.93. The van der Waals surface area contributed by atoms with Gasteiger partial charge in [-0.3, -0.25) is 9.59 Å². The van der Waals surface area contributed by atoms with Crippen LogP contribution in [0.25, 0.3) is 0 Å². The molecule has 4 atom stereocenters. The summed E-state index contributed by atoms with van der Waals surface area (Å²) in [6.07, 6.45) is 1.49. The maximum Gasteiger partial charge on any atom is 0.336 e. The summed E-state index contributed by atoms with van der Waals surface area (Å²) < 4.78 is 16.2. The Kier molecular flexibility index (Phi) is 7.28. The summed E-state index contributed by atoms with van der Waals surface area (Å²) in [7, 11) is 0. The molecule has 0 bridgehead atoms. The van der Waals surface area contributed by atoms with Crippen molar-refractivity contribution in [1.82, 2.24) is 0 Å². The van der Waals surface area contributed by atoms with Crippen LogP contribution in [-0.2, 0) is 33.4 Å². The normalized spacial score (nSPS) is 30.6. The van der Waals surface area contributed by atoms with Crippen molar-refractivity contribution in [3.05, 3.63) is 47.6 Å². The number of aldehydes is 1. The van der Waals surface area contributed by atoms with E-state index in [1.807, 2.05) is 6.92 Å². The van der Waals surface area contributed by atoms with Crippen molar-refractivity contribution in [2.24, 2.45) is 5.92 Å². The van der Waals surface area contributed by atoms with Gasteiger partial charge in [-0.15, -0.1) is 0 Å². The number of hydrogen-bond acceptors (Lipinski definition) is 8. The summed E-state index contributed by atoms with van der Waals surface area (Å²) in [6.45, 7) is 9.52. The van der Waals surface area contributed by atoms with Gasteiger partial charge in [-0.05, 0) is 25.8 Å². The second-order valence-corrected chi connectivity index (χ2v) is 6.96. The van der Waals surface area contributed by atoms with Gasteiger partial charge in [0.25, 0.3) is 0 Å². The zero-order chi connectivity index (χ0) is 21.7. The number of esters is 3. The first-order valence-corrected chi connectivity index (χ1v) is 9.08. The number of aliphatic hydroxyl groups is 1. The molecular formula is C21H24O8. The van der Waals surface area contributed by atoms with Gasteiger partial charge in [0.2, 0.25) is 0 Å². The molecule has 0 spiro atoms. The molecule has 2 rings (SSSR count). The summed E-state index contributed by atoms with van der Waals surface area (Å²) >= 11 is 0. The highest BCUT2D eigenvalue weighted by molar-refractivity contribution is 5.92. The number of carbonyl (C=O) groups excluding carboxylic acids is 4. The predicted octanol–water partition coefficient (Wildman–Crippen LogP) is 1.34. The molecule has 1 aliphatic heterocycles. The van der Waals surface area contributed by atoms with Gasteiger partial charge >= 0.3 is 17.9 Å². The Labute approximate surface area is 168 Å². The third kappa shape index (κ3) is 5.08. The van der Waals surface area contributed by atoms with Crippen LogP contribution in [0.5, 0.6) is 0 Å². The number of hydrogen-bond donors (Lipinski definition) is 1. The average molecular weight is 404 g/mol. The molecule has 1 fully saturated rings. The molecule has 0 amide bonds. The number of aliphatic hydroxyl groups excluding tert-OH is 1. The summed E-state index contributed by atoms with van der Waals surface area (Å²) in [5.74, 6) is -3.24. The molecule has 1 N–H and O–H groups in total. The summed E-state index contributed by atoms with van der Waals surface area (Å²) in [5, 5.41) is 9.18. The fourth-order valence-corrected chi connectivity index (χ4v) is 3.29. The van der Waals surface area contributed by atoms with Gasteiger partial charge in [0.1, 0.15) is 12.4 Å². The lowest BCUT2D eigenvalue weighted by atomic mass is 9.83. The predicted molar refractivity (Wildman–Crippen MR) is 101 cm³/mol. The van der Waals surface area contributed by atoms with Gasteiger partial charge in [-0.2, -0.15) is 0 Å². The van der Waals surface area contributed by atoms with E-state index in [2.05, 4.69) is 13.2 Å². The van der Waals surface area contributed by atoms with E-state index < -0.39 is 48.7 Å². The Bertz CT molecular complexity index is 803. The standard InChI is InChI=1S/C21H24O8/c1-11-6-5-7-15(10-23)18(27-14(4)24)19(29-20(25)12(2)9-22)17-13(3)21(26)28-16(17)8-11/h7-8,10,16-19,22H,2-3,5-6,9H2,1,4H3/b11-8-,15-7-/t16-,17+,18+,19+/m1/s1. The first-order valence-electron chi connectivity index (χ1n) is 9.08. The van der Waals surface area contributed by atoms with E-state index in [9.17, 15) is 24.3 Å². The molecule has 8 nitrogen and oxygen atoms in total. The van der Waals surface area contributed by atoms with Crippen LogP contribution in [0.2, 0.25) is 0 Å². The Morgan fingerprint density at radius 1 is 1.38 bits per heavy atom. The van der Waals surface area contributed by atoms with E-state index in [1.54, 1.807) is 12.2 Å². The fourth-order valence-electron chi connectivity index (χ4n) is 3.29. The number of rotatable bonds is 5. The molecule has 0 aromatic heterocycles. The quantitative estimate of drug-likeness (QED) is 0.240. The number of carbonyl (C=O) groups is 4. The highest BCUT2D eigenvalue weighted by Gasteiger charge is 2.49. The Morgan fingerprint density at radius 3 is 2.66 bits per heavy atom. The Balaban J connectivity index is 2.62. The largest absolute Gasteiger partial charge is 0.454 e. The van der Waals surface area contributed by atoms with Gasteiger partial charge in [0, 0.05) is 18.1 Å². The fraction of sp³-hybridized carbons (Fsp3) is 0.429. The van der Waals surface area contributed by atoms with Gasteiger partial charge < -0.3 is 19.3 Å². The van der Waals surface area contributed by atoms with Crippen molar-refractivity contribution in [1.29, 1.82) is 0 Å². The minimum absolute atomic E-state index is 0.0226. The molecule has 29 heavy (non-hydrogen) atoms. The van der Waals surface area contributed by atoms with Crippen LogP contribution in [0.15, 0.2) is 47.6 Å². The van der Waals surface area contributed by atoms with E-state index in [0.717, 1.165) is 12.5 Å². The third-order valence-corrected chi connectivity index (χ3v) is 4.76. The van der Waals surface area contributed by atoms with E-state index in [1.165, 1.54) is 0 Å². The lowest BCUT2D eigenvalue weighted by molar-refractivity contribution is -0.166. The summed E-state index contributed by atoms with van der Waals surface area (Å²) in [6, 6.07) is 0. The topological polar surface area (TPSA) is 116 Å². The van der Waals surface area contributed by atoms with Crippen molar-refractivity contribution < 1.29 is 38.5 Å². The van der Waals surface area contributed by atoms with Crippen LogP contribution >= 0.6 is 0 Å². The van der Waals surface area contributed by atoms with Crippen molar-refractivity contribution in [2.75, 3.05) is 6.61 Å². The molecule has 156 valence electrons. The molecular weight excluding hydrogens is 380 g/mol. The van der Waals surface area contributed by atoms with Gasteiger partial charge in [0.15, 0.2) is 12.2 Å². The van der Waals surface area contributed by atoms with Gasteiger partial charge in [0.05, 0.1) is 18.1 Å². The second-order valence-electron chi connectivity index (χ2n) is 6.96. The molecule has 2 aliphatic rings. The van der Waals surface area contributed by atoms with Crippen LogP contribution in [0, 0.1) is 5.92 Å². The minimum atomic E-state index is -1.29. The van der Waals surface area contributed by atoms with Crippen LogP contribution < -0.4 is 0 Å². The van der Waals surface area contributed by atoms with Crippen molar-refractivity contribution in [3.63, 3.8) is 0 Å². The van der Waals surface area contributed by atoms with Gasteiger partial charge in [-0.1, -0.05) is 24.8 Å². The van der Waals surface area contributed by atoms with E-state index in [0.29, 0.717) is 19.1 Å². The number of fused-ring (bicyclic) bond motifs is 1. The molecule has 0 unspecified atom stereocenters. The molecule has 1 aliphatic carbocycles. The van der Waals surface area contributed by atoms with E-state index in [-0.39, 0.29) is 16.7 Å². The maximum atomic E-state index is 12.4. The summed E-state index contributed by atoms with van der Waals surface area (Å²) in [4.78, 5) is 48.1. The van der Waals surface area contributed by atoms with Gasteiger partial charge in [-0.25, -0.2) is 9.59 Å². The number of allylic oxidation sites excluding steroid dienone is 2. The Morgan fingerprint density at radius 2 is 2.07 bits per heavy atom. The van der Waals surface area contributed by atoms with Crippen LogP contribution in [0.3, 0.4) is 0 Å². The van der Waals surface area contributed by atoms with E-state index in [4.69, 9.17) is 14.2 Å². The monoisotopic (exact) mass is 404 g/mol. The molecule has 0 aromatic carbocycles. The zero-order valence-electron chi connectivity index (χ0n) is 16.4. The Hall–Kier alpha value is -3.00. The van der Waals surface area contributed by atoms with E-state index >= 15 is 0 Å². The highest BCUT2D eigenvalue weighted by Crippen LogP contribution is 2.37. The smallest absolute Gasteiger partial charge is 0.336 e. The van der Waals surface area contributed by atoms with Crippen molar-refractivity contribution in [2.45, 2.75) is 45.0 Å². The first-order chi connectivity index (χ1) is 13.7. The minimum Gasteiger partial charge on any atom is -0.454 e. The first kappa shape index (κ1) is 22.3. The van der Waals surface area contributed by atoms with Crippen LogP contribution in [0.4, 0.5) is 0 Å². The zero-order valence-corrected chi connectivity index (χ0v) is 16.4. The SMILES string of the molecule is C=C(CO)C(=O)O[C@H]1[C@H]2C(=C)C(=O)O[C@@H]2/C=C(/C)CC/C=C(/C=O)[C@@H]1OC(C)=O. The molecule has 1 heterocycles. The summed E-state index contributed by atoms with van der Waals surface area (Å²) in [5.41, 5.74) is 0.779. The number of ether oxygens (including phenoxy) is 3. The molecule has 0 saturated carbocycles. The maximum absolute atomic E-state index is 12.4. The van der Waals surface area contributed by atoms with Crippen molar-refractivity contribution >= 4 is 24.2 Å². The second kappa shape index (κ2) is 9.47. The van der Waals surface area contributed by atoms with Crippen molar-refractivity contribution in [3.8, 4) is 0 Å². The molecule has 0 radical (unpaired) electrons. The van der Waals surface area contributed by atoms with Crippen LogP contribution in [-0.4, -0.2) is 54.2 Å². The van der Waals surface area contributed by atoms with Crippen LogP contribution in [0.1, 0.15) is 26.7 Å². The molecule has 0 aromatic rings. The lowest BCUT2D eigenvalue weighted by Gasteiger charge is -2.33. The molecule has 8 heteroatoms. The third-order valence-electron chi connectivity index (χ3n) is 4.76. The lowest BCUT2D eigenvalue weighted by Crippen LogP contribution is -2.45. The molecule has 1 saturated heterocycles. The highest BCUT2D eigenvalue weighted by atomic mass is 16.6.